The number of aryl methyl sites for hydroxylation is 1. The van der Waals surface area contributed by atoms with E-state index in [1.165, 1.54) is 0 Å². The number of carbonyl (C=O) groups is 1. The molecule has 7 heteroatoms. The predicted molar refractivity (Wildman–Crippen MR) is 116 cm³/mol. The first kappa shape index (κ1) is 20.1. The summed E-state index contributed by atoms with van der Waals surface area (Å²) in [4.78, 5) is 14.9. The Balaban J connectivity index is 1.51. The van der Waals surface area contributed by atoms with Gasteiger partial charge in [-0.15, -0.1) is 0 Å². The van der Waals surface area contributed by atoms with Crippen LogP contribution < -0.4 is 10.1 Å². The molecule has 1 N–H and O–H groups in total. The van der Waals surface area contributed by atoms with Crippen LogP contribution in [0.5, 0.6) is 5.75 Å². The second kappa shape index (κ2) is 9.56. The highest BCUT2D eigenvalue weighted by molar-refractivity contribution is 6.04. The Morgan fingerprint density at radius 2 is 1.93 bits per heavy atom. The van der Waals surface area contributed by atoms with Gasteiger partial charge >= 0.3 is 0 Å². The SMILES string of the molecule is Cn1nccc1-c1cc(NC(=O)c2ccccc2)ccc1OCCN1CCOCC1. The molecule has 3 aromatic rings. The number of hydrogen-bond donors (Lipinski definition) is 1. The van der Waals surface area contributed by atoms with Crippen molar-refractivity contribution in [3.63, 3.8) is 0 Å². The van der Waals surface area contributed by atoms with Crippen LogP contribution in [-0.2, 0) is 11.8 Å². The zero-order valence-corrected chi connectivity index (χ0v) is 17.1. The van der Waals surface area contributed by atoms with Crippen LogP contribution in [0.1, 0.15) is 10.4 Å². The van der Waals surface area contributed by atoms with Gasteiger partial charge < -0.3 is 14.8 Å². The molecular weight excluding hydrogens is 380 g/mol. The maximum atomic E-state index is 12.5. The van der Waals surface area contributed by atoms with Crippen LogP contribution in [0.25, 0.3) is 11.3 Å². The van der Waals surface area contributed by atoms with E-state index in [4.69, 9.17) is 9.47 Å². The summed E-state index contributed by atoms with van der Waals surface area (Å²) in [6, 6.07) is 16.8. The molecule has 0 unspecified atom stereocenters. The normalized spacial score (nSPS) is 14.4. The largest absolute Gasteiger partial charge is 0.492 e. The summed E-state index contributed by atoms with van der Waals surface area (Å²) in [6.07, 6.45) is 1.75. The minimum Gasteiger partial charge on any atom is -0.492 e. The van der Waals surface area contributed by atoms with Crippen LogP contribution in [0.2, 0.25) is 0 Å². The molecule has 7 nitrogen and oxygen atoms in total. The van der Waals surface area contributed by atoms with Gasteiger partial charge in [0.2, 0.25) is 0 Å². The lowest BCUT2D eigenvalue weighted by molar-refractivity contribution is 0.0323. The molecule has 30 heavy (non-hydrogen) atoms. The van der Waals surface area contributed by atoms with Crippen molar-refractivity contribution in [3.05, 3.63) is 66.4 Å². The van der Waals surface area contributed by atoms with E-state index in [1.807, 2.05) is 49.5 Å². The highest BCUT2D eigenvalue weighted by Crippen LogP contribution is 2.32. The Bertz CT molecular complexity index is 981. The Morgan fingerprint density at radius 1 is 1.13 bits per heavy atom. The maximum Gasteiger partial charge on any atom is 0.255 e. The number of morpholine rings is 1. The summed E-state index contributed by atoms with van der Waals surface area (Å²) in [6.45, 7) is 4.85. The number of nitrogens with zero attached hydrogens (tertiary/aromatic N) is 3. The van der Waals surface area contributed by atoms with E-state index in [1.54, 1.807) is 23.0 Å². The third-order valence-electron chi connectivity index (χ3n) is 5.14. The number of aromatic nitrogens is 2. The van der Waals surface area contributed by atoms with Crippen molar-refractivity contribution in [2.45, 2.75) is 0 Å². The molecule has 0 bridgehead atoms. The topological polar surface area (TPSA) is 68.6 Å². The molecule has 1 saturated heterocycles. The zero-order valence-electron chi connectivity index (χ0n) is 17.1. The van der Waals surface area contributed by atoms with E-state index in [2.05, 4.69) is 15.3 Å². The summed E-state index contributed by atoms with van der Waals surface area (Å²) in [7, 11) is 1.89. The van der Waals surface area contributed by atoms with Gasteiger partial charge in [0.25, 0.3) is 5.91 Å². The van der Waals surface area contributed by atoms with Crippen LogP contribution in [0.4, 0.5) is 5.69 Å². The van der Waals surface area contributed by atoms with Crippen molar-refractivity contribution in [1.82, 2.24) is 14.7 Å². The molecule has 0 radical (unpaired) electrons. The summed E-state index contributed by atoms with van der Waals surface area (Å²) < 4.78 is 13.3. The minimum atomic E-state index is -0.146. The molecule has 2 aromatic carbocycles. The van der Waals surface area contributed by atoms with Crippen LogP contribution in [0.3, 0.4) is 0 Å². The van der Waals surface area contributed by atoms with E-state index in [0.29, 0.717) is 17.9 Å². The Morgan fingerprint density at radius 3 is 2.67 bits per heavy atom. The Kier molecular flexibility index (Phi) is 6.41. The lowest BCUT2D eigenvalue weighted by atomic mass is 10.1. The molecule has 0 saturated carbocycles. The first-order valence-electron chi connectivity index (χ1n) is 10.1. The first-order chi connectivity index (χ1) is 14.7. The molecule has 0 aliphatic carbocycles. The minimum absolute atomic E-state index is 0.146. The summed E-state index contributed by atoms with van der Waals surface area (Å²) in [5.74, 6) is 0.622. The number of hydrogen-bond acceptors (Lipinski definition) is 5. The van der Waals surface area contributed by atoms with Gasteiger partial charge in [-0.2, -0.15) is 5.10 Å². The molecule has 2 heterocycles. The van der Waals surface area contributed by atoms with Gasteiger partial charge in [-0.1, -0.05) is 18.2 Å². The standard InChI is InChI=1S/C23H26N4O3/c1-26-21(9-10-24-26)20-17-19(25-23(28)18-5-3-2-4-6-18)7-8-22(20)30-16-13-27-11-14-29-15-12-27/h2-10,17H,11-16H2,1H3,(H,25,28). The lowest BCUT2D eigenvalue weighted by Crippen LogP contribution is -2.38. The smallest absolute Gasteiger partial charge is 0.255 e. The van der Waals surface area contributed by atoms with Gasteiger partial charge in [0, 0.05) is 49.7 Å². The van der Waals surface area contributed by atoms with Crippen LogP contribution in [0, 0.1) is 0 Å². The van der Waals surface area contributed by atoms with Crippen molar-refractivity contribution in [1.29, 1.82) is 0 Å². The van der Waals surface area contributed by atoms with E-state index in [9.17, 15) is 4.79 Å². The molecule has 0 spiro atoms. The average Bonchev–Trinajstić information content (AvgIpc) is 3.21. The molecule has 1 aliphatic rings. The fourth-order valence-electron chi connectivity index (χ4n) is 3.47. The van der Waals surface area contributed by atoms with Crippen LogP contribution in [-0.4, -0.2) is 60.0 Å². The first-order valence-corrected chi connectivity index (χ1v) is 10.1. The average molecular weight is 406 g/mol. The predicted octanol–water partition coefficient (Wildman–Crippen LogP) is 3.05. The van der Waals surface area contributed by atoms with Crippen LogP contribution in [0.15, 0.2) is 60.8 Å². The monoisotopic (exact) mass is 406 g/mol. The van der Waals surface area contributed by atoms with Crippen molar-refractivity contribution in [3.8, 4) is 17.0 Å². The maximum absolute atomic E-state index is 12.5. The highest BCUT2D eigenvalue weighted by Gasteiger charge is 2.15. The number of rotatable bonds is 7. The number of anilines is 1. The van der Waals surface area contributed by atoms with Gasteiger partial charge in [0.15, 0.2) is 0 Å². The van der Waals surface area contributed by atoms with Crippen molar-refractivity contribution in [2.24, 2.45) is 7.05 Å². The highest BCUT2D eigenvalue weighted by atomic mass is 16.5. The molecule has 1 amide bonds. The summed E-state index contributed by atoms with van der Waals surface area (Å²) in [5.41, 5.74) is 3.14. The lowest BCUT2D eigenvalue weighted by Gasteiger charge is -2.26. The van der Waals surface area contributed by atoms with E-state index in [-0.39, 0.29) is 5.91 Å². The molecule has 0 atom stereocenters. The number of ether oxygens (including phenoxy) is 2. The van der Waals surface area contributed by atoms with Gasteiger partial charge in [-0.05, 0) is 36.4 Å². The van der Waals surface area contributed by atoms with Crippen molar-refractivity contribution in [2.75, 3.05) is 44.8 Å². The molecule has 156 valence electrons. The molecule has 1 fully saturated rings. The molecule has 1 aromatic heterocycles. The van der Waals surface area contributed by atoms with Crippen LogP contribution >= 0.6 is 0 Å². The van der Waals surface area contributed by atoms with Gasteiger partial charge in [0.05, 0.1) is 18.9 Å². The molecule has 4 rings (SSSR count). The number of carbonyl (C=O) groups excluding carboxylic acids is 1. The van der Waals surface area contributed by atoms with Crippen molar-refractivity contribution < 1.29 is 14.3 Å². The summed E-state index contributed by atoms with van der Waals surface area (Å²) >= 11 is 0. The quantitative estimate of drug-likeness (QED) is 0.653. The number of nitrogens with one attached hydrogen (secondary N) is 1. The fourth-order valence-corrected chi connectivity index (χ4v) is 3.47. The van der Waals surface area contributed by atoms with Gasteiger partial charge in [-0.25, -0.2) is 0 Å². The Labute approximate surface area is 176 Å². The fraction of sp³-hybridized carbons (Fsp3) is 0.304. The molecule has 1 aliphatic heterocycles. The second-order valence-electron chi connectivity index (χ2n) is 7.17. The second-order valence-corrected chi connectivity index (χ2v) is 7.17. The molecular formula is C23H26N4O3. The van der Waals surface area contributed by atoms with Gasteiger partial charge in [-0.3, -0.25) is 14.4 Å². The van der Waals surface area contributed by atoms with E-state index < -0.39 is 0 Å². The van der Waals surface area contributed by atoms with E-state index in [0.717, 1.165) is 49.9 Å². The zero-order chi connectivity index (χ0) is 20.8. The van der Waals surface area contributed by atoms with E-state index >= 15 is 0 Å². The third-order valence-corrected chi connectivity index (χ3v) is 5.14. The van der Waals surface area contributed by atoms with Crippen molar-refractivity contribution >= 4 is 11.6 Å². The summed E-state index contributed by atoms with van der Waals surface area (Å²) in [5, 5.41) is 7.25. The number of amides is 1. The number of benzene rings is 2. The van der Waals surface area contributed by atoms with Gasteiger partial charge in [0.1, 0.15) is 12.4 Å². The third kappa shape index (κ3) is 4.87. The Hall–Kier alpha value is -3.16.